The lowest BCUT2D eigenvalue weighted by Crippen LogP contribution is -2.32. The molecule has 0 heterocycles. The first-order chi connectivity index (χ1) is 11.9. The molecule has 0 atom stereocenters. The molecule has 132 valence electrons. The molecular formula is C19H18F3NO2. The van der Waals surface area contributed by atoms with Gasteiger partial charge in [-0.3, -0.25) is 4.79 Å². The van der Waals surface area contributed by atoms with Crippen LogP contribution in [-0.2, 0) is 11.6 Å². The second kappa shape index (κ2) is 6.43. The number of hydrogen-bond acceptors (Lipinski definition) is 2. The standard InChI is InChI=1S/C19H18F3NO2/c1-25-16-5-3-2-4-15(16)18(10-11-18)12-23-17(24)13-6-8-14(9-7-13)19(20,21)22/h2-9H,10-12H2,1H3,(H,23,24). The highest BCUT2D eigenvalue weighted by Gasteiger charge is 2.46. The van der Waals surface area contributed by atoms with Crippen molar-refractivity contribution in [2.45, 2.75) is 24.4 Å². The fraction of sp³-hybridized carbons (Fsp3) is 0.316. The van der Waals surface area contributed by atoms with Crippen molar-refractivity contribution in [3.05, 3.63) is 65.2 Å². The van der Waals surface area contributed by atoms with Crippen LogP contribution in [0.4, 0.5) is 13.2 Å². The SMILES string of the molecule is COc1ccccc1C1(CNC(=O)c2ccc(C(F)(F)F)cc2)CC1. The number of rotatable bonds is 5. The zero-order valence-corrected chi connectivity index (χ0v) is 13.7. The lowest BCUT2D eigenvalue weighted by molar-refractivity contribution is -0.137. The molecule has 0 spiro atoms. The van der Waals surface area contributed by atoms with E-state index in [1.165, 1.54) is 12.1 Å². The first-order valence-corrected chi connectivity index (χ1v) is 7.95. The molecule has 3 rings (SSSR count). The van der Waals surface area contributed by atoms with Crippen molar-refractivity contribution in [3.63, 3.8) is 0 Å². The van der Waals surface area contributed by atoms with Crippen LogP contribution in [0.3, 0.4) is 0 Å². The van der Waals surface area contributed by atoms with Crippen molar-refractivity contribution in [1.82, 2.24) is 5.32 Å². The molecular weight excluding hydrogens is 331 g/mol. The average molecular weight is 349 g/mol. The lowest BCUT2D eigenvalue weighted by atomic mass is 9.94. The molecule has 1 aliphatic carbocycles. The van der Waals surface area contributed by atoms with Crippen molar-refractivity contribution in [1.29, 1.82) is 0 Å². The zero-order valence-electron chi connectivity index (χ0n) is 13.7. The van der Waals surface area contributed by atoms with Crippen molar-refractivity contribution < 1.29 is 22.7 Å². The van der Waals surface area contributed by atoms with Gasteiger partial charge in [0.05, 0.1) is 12.7 Å². The molecule has 1 N–H and O–H groups in total. The molecule has 3 nitrogen and oxygen atoms in total. The van der Waals surface area contributed by atoms with Crippen molar-refractivity contribution >= 4 is 5.91 Å². The summed E-state index contributed by atoms with van der Waals surface area (Å²) in [5, 5.41) is 2.83. The van der Waals surface area contributed by atoms with E-state index in [1.54, 1.807) is 7.11 Å². The number of methoxy groups -OCH3 is 1. The predicted octanol–water partition coefficient (Wildman–Crippen LogP) is 4.18. The number of nitrogens with one attached hydrogen (secondary N) is 1. The molecule has 1 amide bonds. The summed E-state index contributed by atoms with van der Waals surface area (Å²) in [5.41, 5.74) is 0.333. The Kier molecular flexibility index (Phi) is 4.45. The second-order valence-corrected chi connectivity index (χ2v) is 6.24. The van der Waals surface area contributed by atoms with Crippen LogP contribution in [-0.4, -0.2) is 19.6 Å². The van der Waals surface area contributed by atoms with Gasteiger partial charge in [-0.15, -0.1) is 0 Å². The fourth-order valence-corrected chi connectivity index (χ4v) is 2.94. The Bertz CT molecular complexity index is 765. The van der Waals surface area contributed by atoms with Gasteiger partial charge in [-0.1, -0.05) is 18.2 Å². The van der Waals surface area contributed by atoms with Gasteiger partial charge in [-0.05, 0) is 43.2 Å². The summed E-state index contributed by atoms with van der Waals surface area (Å²) in [4.78, 5) is 12.2. The van der Waals surface area contributed by atoms with Gasteiger partial charge in [0.25, 0.3) is 5.91 Å². The second-order valence-electron chi connectivity index (χ2n) is 6.24. The van der Waals surface area contributed by atoms with E-state index in [9.17, 15) is 18.0 Å². The van der Waals surface area contributed by atoms with E-state index in [4.69, 9.17) is 4.74 Å². The van der Waals surface area contributed by atoms with Gasteiger partial charge in [0.1, 0.15) is 5.75 Å². The zero-order chi connectivity index (χ0) is 18.1. The summed E-state index contributed by atoms with van der Waals surface area (Å²) in [6.07, 6.45) is -2.54. The Hall–Kier alpha value is -2.50. The number of amides is 1. The summed E-state index contributed by atoms with van der Waals surface area (Å²) in [6.45, 7) is 0.424. The third-order valence-corrected chi connectivity index (χ3v) is 4.59. The highest BCUT2D eigenvalue weighted by molar-refractivity contribution is 5.94. The molecule has 0 aliphatic heterocycles. The molecule has 0 radical (unpaired) electrons. The van der Waals surface area contributed by atoms with E-state index >= 15 is 0 Å². The minimum atomic E-state index is -4.41. The molecule has 25 heavy (non-hydrogen) atoms. The molecule has 0 unspecified atom stereocenters. The predicted molar refractivity (Wildman–Crippen MR) is 87.7 cm³/mol. The summed E-state index contributed by atoms with van der Waals surface area (Å²) in [7, 11) is 1.61. The minimum absolute atomic E-state index is 0.159. The fourth-order valence-electron chi connectivity index (χ4n) is 2.94. The van der Waals surface area contributed by atoms with E-state index in [2.05, 4.69) is 5.32 Å². The maximum absolute atomic E-state index is 12.6. The third kappa shape index (κ3) is 3.62. The molecule has 0 bridgehead atoms. The number of carbonyl (C=O) groups is 1. The number of hydrogen-bond donors (Lipinski definition) is 1. The van der Waals surface area contributed by atoms with Gasteiger partial charge in [0.15, 0.2) is 0 Å². The first-order valence-electron chi connectivity index (χ1n) is 7.95. The summed E-state index contributed by atoms with van der Waals surface area (Å²) in [6, 6.07) is 11.9. The van der Waals surface area contributed by atoms with Gasteiger partial charge < -0.3 is 10.1 Å². The maximum atomic E-state index is 12.6. The molecule has 1 aliphatic rings. The van der Waals surface area contributed by atoms with Crippen molar-refractivity contribution in [2.75, 3.05) is 13.7 Å². The first kappa shape index (κ1) is 17.3. The number of para-hydroxylation sites is 1. The average Bonchev–Trinajstić information content (AvgIpc) is 3.40. The van der Waals surface area contributed by atoms with Crippen LogP contribution in [0.15, 0.2) is 48.5 Å². The molecule has 1 fully saturated rings. The Morgan fingerprint density at radius 2 is 1.76 bits per heavy atom. The molecule has 6 heteroatoms. The smallest absolute Gasteiger partial charge is 0.416 e. The number of ether oxygens (including phenoxy) is 1. The van der Waals surface area contributed by atoms with Crippen molar-refractivity contribution in [3.8, 4) is 5.75 Å². The van der Waals surface area contributed by atoms with Crippen LogP contribution in [0.5, 0.6) is 5.75 Å². The van der Waals surface area contributed by atoms with Gasteiger partial charge in [-0.25, -0.2) is 0 Å². The Morgan fingerprint density at radius 1 is 1.12 bits per heavy atom. The van der Waals surface area contributed by atoms with Gasteiger partial charge in [-0.2, -0.15) is 13.2 Å². The maximum Gasteiger partial charge on any atom is 0.416 e. The molecule has 2 aromatic rings. The number of carbonyl (C=O) groups excluding carboxylic acids is 1. The van der Waals surface area contributed by atoms with Crippen molar-refractivity contribution in [2.24, 2.45) is 0 Å². The largest absolute Gasteiger partial charge is 0.496 e. The number of halogens is 3. The summed E-state index contributed by atoms with van der Waals surface area (Å²) < 4.78 is 43.1. The van der Waals surface area contributed by atoms with Crippen LogP contribution in [0.1, 0.15) is 34.3 Å². The summed E-state index contributed by atoms with van der Waals surface area (Å²) >= 11 is 0. The van der Waals surface area contributed by atoms with Gasteiger partial charge >= 0.3 is 6.18 Å². The van der Waals surface area contributed by atoms with Crippen LogP contribution >= 0.6 is 0 Å². The molecule has 0 saturated heterocycles. The Morgan fingerprint density at radius 3 is 2.32 bits per heavy atom. The van der Waals surface area contributed by atoms with E-state index in [1.807, 2.05) is 24.3 Å². The van der Waals surface area contributed by atoms with E-state index < -0.39 is 11.7 Å². The minimum Gasteiger partial charge on any atom is -0.496 e. The van der Waals surface area contributed by atoms with E-state index in [-0.39, 0.29) is 16.9 Å². The normalized spacial score (nSPS) is 15.5. The van der Waals surface area contributed by atoms with Crippen LogP contribution in [0, 0.1) is 0 Å². The summed E-state index contributed by atoms with van der Waals surface area (Å²) in [5.74, 6) is 0.402. The molecule has 2 aromatic carbocycles. The van der Waals surface area contributed by atoms with E-state index in [0.29, 0.717) is 6.54 Å². The lowest BCUT2D eigenvalue weighted by Gasteiger charge is -2.19. The third-order valence-electron chi connectivity index (χ3n) is 4.59. The molecule has 0 aromatic heterocycles. The van der Waals surface area contributed by atoms with Crippen LogP contribution in [0.2, 0.25) is 0 Å². The monoisotopic (exact) mass is 349 g/mol. The number of benzene rings is 2. The molecule has 1 saturated carbocycles. The van der Waals surface area contributed by atoms with Gasteiger partial charge in [0.2, 0.25) is 0 Å². The van der Waals surface area contributed by atoms with E-state index in [0.717, 1.165) is 36.3 Å². The number of alkyl halides is 3. The Labute approximate surface area is 143 Å². The quantitative estimate of drug-likeness (QED) is 0.880. The van der Waals surface area contributed by atoms with Gasteiger partial charge in [0, 0.05) is 23.1 Å². The topological polar surface area (TPSA) is 38.3 Å². The van der Waals surface area contributed by atoms with Crippen LogP contribution < -0.4 is 10.1 Å². The highest BCUT2D eigenvalue weighted by Crippen LogP contribution is 2.50. The van der Waals surface area contributed by atoms with Crippen LogP contribution in [0.25, 0.3) is 0 Å². The highest BCUT2D eigenvalue weighted by atomic mass is 19.4. The Balaban J connectivity index is 1.68.